The molecule has 2 saturated heterocycles. The molecule has 3 aliphatic rings. The Kier molecular flexibility index (Phi) is 8.35. The molecule has 4 atom stereocenters. The van der Waals surface area contributed by atoms with Crippen molar-refractivity contribution in [3.8, 4) is 6.07 Å². The van der Waals surface area contributed by atoms with Gasteiger partial charge in [0.15, 0.2) is 0 Å². The van der Waals surface area contributed by atoms with Gasteiger partial charge in [-0.05, 0) is 57.1 Å². The van der Waals surface area contributed by atoms with Gasteiger partial charge in [0.1, 0.15) is 18.2 Å². The summed E-state index contributed by atoms with van der Waals surface area (Å²) < 4.78 is 32.9. The Morgan fingerprint density at radius 2 is 2.03 bits per heavy atom. The van der Waals surface area contributed by atoms with Crippen LogP contribution >= 0.6 is 0 Å². The van der Waals surface area contributed by atoms with E-state index in [9.17, 15) is 33.7 Å². The first-order chi connectivity index (χ1) is 18.3. The van der Waals surface area contributed by atoms with Crippen molar-refractivity contribution in [3.05, 3.63) is 47.0 Å². The van der Waals surface area contributed by atoms with Crippen molar-refractivity contribution >= 4 is 19.1 Å². The molecule has 0 aromatic heterocycles. The molecule has 3 N–H and O–H groups in total. The SMILES string of the molecule is Cc1ccc(CC(NC(=O)OC[C@H]2[C@H]3C[C@H]3CN2C(=O)C(C#N)=CC(C)(C)N2CCC(F)(F)C2)B(O)O)cc1. The second-order valence-electron chi connectivity index (χ2n) is 11.5. The smallest absolute Gasteiger partial charge is 0.447 e. The normalized spacial score (nSPS) is 25.0. The molecule has 0 spiro atoms. The van der Waals surface area contributed by atoms with Crippen molar-refractivity contribution in [2.24, 2.45) is 11.8 Å². The highest BCUT2D eigenvalue weighted by molar-refractivity contribution is 6.43. The predicted molar refractivity (Wildman–Crippen MR) is 139 cm³/mol. The van der Waals surface area contributed by atoms with Gasteiger partial charge in [0, 0.05) is 25.0 Å². The van der Waals surface area contributed by atoms with Crippen LogP contribution in [0.4, 0.5) is 13.6 Å². The summed E-state index contributed by atoms with van der Waals surface area (Å²) in [5, 5.41) is 31.8. The fourth-order valence-corrected chi connectivity index (χ4v) is 5.55. The fourth-order valence-electron chi connectivity index (χ4n) is 5.55. The molecule has 2 aliphatic heterocycles. The van der Waals surface area contributed by atoms with Crippen LogP contribution in [0, 0.1) is 30.1 Å². The maximum Gasteiger partial charge on any atom is 0.475 e. The lowest BCUT2D eigenvalue weighted by Crippen LogP contribution is -2.49. The number of nitrogens with one attached hydrogen (secondary N) is 1. The number of hydrogen-bond acceptors (Lipinski definition) is 7. The second kappa shape index (κ2) is 11.2. The molecule has 1 aliphatic carbocycles. The van der Waals surface area contributed by atoms with Crippen LogP contribution in [0.2, 0.25) is 0 Å². The van der Waals surface area contributed by atoms with Crippen LogP contribution in [0.5, 0.6) is 0 Å². The van der Waals surface area contributed by atoms with E-state index in [1.165, 1.54) is 11.0 Å². The van der Waals surface area contributed by atoms with Crippen LogP contribution in [0.3, 0.4) is 0 Å². The second-order valence-corrected chi connectivity index (χ2v) is 11.5. The molecule has 210 valence electrons. The highest BCUT2D eigenvalue weighted by Gasteiger charge is 2.55. The number of aryl methyl sites for hydroxylation is 1. The number of hydrogen-bond donors (Lipinski definition) is 3. The number of halogens is 2. The third kappa shape index (κ3) is 6.96. The van der Waals surface area contributed by atoms with Gasteiger partial charge in [-0.3, -0.25) is 9.69 Å². The number of rotatable bonds is 9. The third-order valence-electron chi connectivity index (χ3n) is 8.02. The van der Waals surface area contributed by atoms with Gasteiger partial charge >= 0.3 is 13.2 Å². The van der Waals surface area contributed by atoms with E-state index in [0.717, 1.165) is 17.5 Å². The Morgan fingerprint density at radius 3 is 2.62 bits per heavy atom. The number of carbonyl (C=O) groups excluding carboxylic acids is 2. The van der Waals surface area contributed by atoms with Crippen molar-refractivity contribution in [3.63, 3.8) is 0 Å². The third-order valence-corrected chi connectivity index (χ3v) is 8.02. The summed E-state index contributed by atoms with van der Waals surface area (Å²) in [6.45, 7) is 5.38. The molecule has 1 aromatic carbocycles. The lowest BCUT2D eigenvalue weighted by molar-refractivity contribution is -0.129. The number of amides is 2. The largest absolute Gasteiger partial charge is 0.475 e. The minimum Gasteiger partial charge on any atom is -0.447 e. The number of nitrogens with zero attached hydrogens (tertiary/aromatic N) is 3. The van der Waals surface area contributed by atoms with Crippen molar-refractivity contribution in [1.29, 1.82) is 5.26 Å². The van der Waals surface area contributed by atoms with Gasteiger partial charge in [-0.25, -0.2) is 13.6 Å². The summed E-state index contributed by atoms with van der Waals surface area (Å²) in [5.41, 5.74) is 0.806. The van der Waals surface area contributed by atoms with Gasteiger partial charge in [0.05, 0.1) is 18.5 Å². The monoisotopic (exact) mass is 544 g/mol. The average Bonchev–Trinajstić information content (AvgIpc) is 3.39. The van der Waals surface area contributed by atoms with E-state index in [1.54, 1.807) is 18.7 Å². The summed E-state index contributed by atoms with van der Waals surface area (Å²) in [6.07, 6.45) is 1.40. The number of alkyl halides is 2. The summed E-state index contributed by atoms with van der Waals surface area (Å²) >= 11 is 0. The van der Waals surface area contributed by atoms with E-state index in [-0.39, 0.29) is 43.4 Å². The van der Waals surface area contributed by atoms with Crippen LogP contribution in [0.1, 0.15) is 37.8 Å². The lowest BCUT2D eigenvalue weighted by Gasteiger charge is -2.33. The number of piperidine rings is 1. The maximum atomic E-state index is 13.8. The quantitative estimate of drug-likeness (QED) is 0.247. The number of ether oxygens (including phenoxy) is 1. The maximum absolute atomic E-state index is 13.8. The molecule has 1 saturated carbocycles. The molecule has 1 aromatic rings. The number of likely N-dealkylation sites (tertiary alicyclic amines) is 2. The highest BCUT2D eigenvalue weighted by atomic mass is 19.3. The van der Waals surface area contributed by atoms with Gasteiger partial charge in [0.2, 0.25) is 0 Å². The Morgan fingerprint density at radius 1 is 1.33 bits per heavy atom. The van der Waals surface area contributed by atoms with Crippen LogP contribution in [-0.4, -0.2) is 88.7 Å². The Labute approximate surface area is 227 Å². The van der Waals surface area contributed by atoms with E-state index in [2.05, 4.69) is 5.32 Å². The zero-order valence-electron chi connectivity index (χ0n) is 22.4. The molecular weight excluding hydrogens is 509 g/mol. The molecule has 3 fully saturated rings. The predicted octanol–water partition coefficient (Wildman–Crippen LogP) is 2.06. The number of fused-ring (bicyclic) bond motifs is 1. The zero-order valence-corrected chi connectivity index (χ0v) is 22.4. The number of benzene rings is 1. The average molecular weight is 544 g/mol. The topological polar surface area (TPSA) is 126 Å². The van der Waals surface area contributed by atoms with Crippen LogP contribution in [0.25, 0.3) is 0 Å². The highest BCUT2D eigenvalue weighted by Crippen LogP contribution is 2.50. The summed E-state index contributed by atoms with van der Waals surface area (Å²) in [5.74, 6) is -3.92. The molecule has 12 heteroatoms. The molecule has 2 heterocycles. The zero-order chi connectivity index (χ0) is 28.5. The van der Waals surface area contributed by atoms with Crippen LogP contribution in [0.15, 0.2) is 35.9 Å². The molecule has 4 rings (SSSR count). The molecule has 9 nitrogen and oxygen atoms in total. The summed E-state index contributed by atoms with van der Waals surface area (Å²) in [4.78, 5) is 29.0. The molecule has 2 amide bonds. The number of carbonyl (C=O) groups is 2. The first-order valence-corrected chi connectivity index (χ1v) is 13.2. The lowest BCUT2D eigenvalue weighted by atomic mass is 9.76. The van der Waals surface area contributed by atoms with E-state index in [1.807, 2.05) is 37.3 Å². The van der Waals surface area contributed by atoms with Crippen LogP contribution in [-0.2, 0) is 16.0 Å². The molecule has 0 radical (unpaired) electrons. The fraction of sp³-hybridized carbons (Fsp3) is 0.593. The van der Waals surface area contributed by atoms with Gasteiger partial charge in [-0.2, -0.15) is 5.26 Å². The molecular formula is C27H35BF2N4O5. The van der Waals surface area contributed by atoms with E-state index in [0.29, 0.717) is 6.54 Å². The molecule has 1 unspecified atom stereocenters. The minimum atomic E-state index is -2.80. The van der Waals surface area contributed by atoms with Gasteiger partial charge in [0.25, 0.3) is 11.8 Å². The standard InChI is InChI=1S/C27H35BF2N4O5/c1-17-4-6-18(7-5-17)10-23(28(37)38)32-25(36)39-15-22-21-11-19(21)14-34(22)24(35)20(13-31)12-26(2,3)33-9-8-27(29,30)16-33/h4-7,12,19,21-23,37-38H,8-11,14-16H2,1-3H3,(H,32,36)/t19-,21-,22-,23?/m0/s1. The first kappa shape index (κ1) is 29.0. The first-order valence-electron chi connectivity index (χ1n) is 13.2. The van der Waals surface area contributed by atoms with Crippen molar-refractivity contribution in [1.82, 2.24) is 15.1 Å². The van der Waals surface area contributed by atoms with Crippen LogP contribution < -0.4 is 5.32 Å². The number of nitriles is 1. The van der Waals surface area contributed by atoms with Crippen molar-refractivity contribution < 1.29 is 33.2 Å². The van der Waals surface area contributed by atoms with E-state index >= 15 is 0 Å². The molecule has 0 bridgehead atoms. The van der Waals surface area contributed by atoms with Gasteiger partial charge in [-0.15, -0.1) is 0 Å². The summed E-state index contributed by atoms with van der Waals surface area (Å²) in [6, 6.07) is 8.96. The van der Waals surface area contributed by atoms with E-state index in [4.69, 9.17) is 4.74 Å². The van der Waals surface area contributed by atoms with Crippen molar-refractivity contribution in [2.75, 3.05) is 26.2 Å². The van der Waals surface area contributed by atoms with E-state index < -0.39 is 49.1 Å². The van der Waals surface area contributed by atoms with Gasteiger partial charge < -0.3 is 25.0 Å². The Balaban J connectivity index is 1.37. The summed E-state index contributed by atoms with van der Waals surface area (Å²) in [7, 11) is -1.81. The minimum absolute atomic E-state index is 0.113. The number of alkyl carbamates (subject to hydrolysis) is 1. The molecule has 39 heavy (non-hydrogen) atoms. The van der Waals surface area contributed by atoms with Crippen molar-refractivity contribution in [2.45, 2.75) is 63.5 Å². The Hall–Kier alpha value is -3.01. The Bertz CT molecular complexity index is 1150. The van der Waals surface area contributed by atoms with Gasteiger partial charge in [-0.1, -0.05) is 29.8 Å².